The van der Waals surface area contributed by atoms with Gasteiger partial charge < -0.3 is 45.6 Å². The van der Waals surface area contributed by atoms with Gasteiger partial charge in [-0.3, -0.25) is 33.9 Å². The van der Waals surface area contributed by atoms with Crippen LogP contribution in [0.2, 0.25) is 0 Å². The third kappa shape index (κ3) is 13.9. The molecule has 5 heterocycles. The number of fused-ring (bicyclic) bond motifs is 1. The van der Waals surface area contributed by atoms with Crippen LogP contribution in [0.3, 0.4) is 0 Å². The summed E-state index contributed by atoms with van der Waals surface area (Å²) in [4.78, 5) is 92.6. The number of carbonyl (C=O) groups excluding carboxylic acids is 5. The van der Waals surface area contributed by atoms with Gasteiger partial charge in [0, 0.05) is 99.0 Å². The van der Waals surface area contributed by atoms with Crippen molar-refractivity contribution in [2.45, 2.75) is 105 Å². The number of urea groups is 1. The predicted octanol–water partition coefficient (Wildman–Crippen LogP) is 8.44. The Bertz CT molecular complexity index is 3210. The predicted molar refractivity (Wildman–Crippen MR) is 319 cm³/mol. The molecule has 6 aromatic rings. The van der Waals surface area contributed by atoms with Crippen molar-refractivity contribution < 1.29 is 38.6 Å². The third-order valence-corrected chi connectivity index (χ3v) is 16.2. The Kier molecular flexibility index (Phi) is 18.4. The monoisotopic (exact) mass is 1130 g/mol. The fraction of sp³-hybridized carbons (Fsp3) is 0.410. The zero-order valence-corrected chi connectivity index (χ0v) is 48.7. The highest BCUT2D eigenvalue weighted by Crippen LogP contribution is 2.37. The van der Waals surface area contributed by atoms with E-state index in [1.165, 1.54) is 4.90 Å². The molecule has 0 unspecified atom stereocenters. The fourth-order valence-corrected chi connectivity index (χ4v) is 11.3. The molecule has 0 aliphatic carbocycles. The maximum absolute atomic E-state index is 14.5. The van der Waals surface area contributed by atoms with E-state index in [0.717, 1.165) is 70.4 Å². The van der Waals surface area contributed by atoms with Crippen molar-refractivity contribution >= 4 is 75.5 Å². The van der Waals surface area contributed by atoms with Crippen LogP contribution in [0.1, 0.15) is 88.7 Å². The molecule has 9 rings (SSSR count). The van der Waals surface area contributed by atoms with Crippen molar-refractivity contribution in [1.29, 1.82) is 0 Å². The Morgan fingerprint density at radius 1 is 0.841 bits per heavy atom. The van der Waals surface area contributed by atoms with Gasteiger partial charge >= 0.3 is 6.03 Å². The van der Waals surface area contributed by atoms with Gasteiger partial charge in [0.05, 0.1) is 61.2 Å². The van der Waals surface area contributed by atoms with Crippen molar-refractivity contribution in [3.8, 4) is 21.9 Å². The summed E-state index contributed by atoms with van der Waals surface area (Å²) in [6.07, 6.45) is 2.17. The van der Waals surface area contributed by atoms with E-state index in [1.54, 1.807) is 66.7 Å². The van der Waals surface area contributed by atoms with Crippen LogP contribution in [0.5, 0.6) is 11.5 Å². The number of piperazine rings is 1. The Balaban J connectivity index is 0.765. The van der Waals surface area contributed by atoms with E-state index in [0.29, 0.717) is 54.0 Å². The lowest BCUT2D eigenvalue weighted by atomic mass is 9.85. The number of hydrogen-bond donors (Lipinski definition) is 5. The van der Waals surface area contributed by atoms with Crippen molar-refractivity contribution in [3.05, 3.63) is 125 Å². The van der Waals surface area contributed by atoms with Gasteiger partial charge in [-0.1, -0.05) is 64.1 Å². The van der Waals surface area contributed by atoms with Crippen LogP contribution in [-0.4, -0.2) is 131 Å². The number of nitrogens with zero attached hydrogens (tertiary/aromatic N) is 8. The van der Waals surface area contributed by atoms with Crippen molar-refractivity contribution in [3.63, 3.8) is 0 Å². The highest BCUT2D eigenvalue weighted by Gasteiger charge is 2.45. The molecule has 82 heavy (non-hydrogen) atoms. The number of amides is 6. The number of hydrogen-bond acceptors (Lipinski definition) is 15. The summed E-state index contributed by atoms with van der Waals surface area (Å²) in [6, 6.07) is 26.3. The minimum atomic E-state index is -0.904. The summed E-state index contributed by atoms with van der Waals surface area (Å²) in [6.45, 7) is 15.7. The summed E-state index contributed by atoms with van der Waals surface area (Å²) in [5, 5.41) is 23.0. The van der Waals surface area contributed by atoms with Crippen LogP contribution >= 0.6 is 11.3 Å². The summed E-state index contributed by atoms with van der Waals surface area (Å²) in [5.41, 5.74) is 8.74. The maximum Gasteiger partial charge on any atom is 0.330 e. The van der Waals surface area contributed by atoms with Gasteiger partial charge in [-0.25, -0.2) is 14.8 Å². The number of likely N-dealkylation sites (tertiary alicyclic amines) is 1. The van der Waals surface area contributed by atoms with Gasteiger partial charge in [-0.05, 0) is 85.3 Å². The number of β-amino-alcohol motifs (C(OH)–C–C–N with tert-alkyl or cyclic N) is 1. The largest absolute Gasteiger partial charge is 0.497 e. The lowest BCUT2D eigenvalue weighted by Gasteiger charge is -2.36. The van der Waals surface area contributed by atoms with E-state index < -0.39 is 23.6 Å². The van der Waals surface area contributed by atoms with Gasteiger partial charge in [0.25, 0.3) is 0 Å². The Labute approximate surface area is 483 Å². The molecule has 0 saturated carbocycles. The molecule has 0 bridgehead atoms. The van der Waals surface area contributed by atoms with E-state index in [-0.39, 0.29) is 68.2 Å². The number of aliphatic hydroxyl groups excluding tert-OH is 1. The average Bonchev–Trinajstić information content (AvgIpc) is 4.20. The maximum atomic E-state index is 14.5. The number of nitrogens with one attached hydrogen (secondary N) is 4. The van der Waals surface area contributed by atoms with Crippen molar-refractivity contribution in [2.75, 3.05) is 78.8 Å². The van der Waals surface area contributed by atoms with Crippen LogP contribution in [-0.2, 0) is 32.3 Å². The molecule has 0 radical (unpaired) electrons. The second-order valence-electron chi connectivity index (χ2n) is 22.2. The number of aryl methyl sites for hydroxylation is 1. The van der Waals surface area contributed by atoms with Gasteiger partial charge in [0.1, 0.15) is 29.4 Å². The number of methoxy groups -OCH3 is 2. The first-order valence-corrected chi connectivity index (χ1v) is 28.8. The number of thiazole rings is 1. The van der Waals surface area contributed by atoms with Crippen LogP contribution in [0, 0.1) is 12.3 Å². The lowest BCUT2D eigenvalue weighted by Crippen LogP contribution is -2.57. The van der Waals surface area contributed by atoms with Gasteiger partial charge in [0.2, 0.25) is 29.6 Å². The topological polar surface area (TPSA) is 227 Å². The van der Waals surface area contributed by atoms with Gasteiger partial charge in [-0.15, -0.1) is 11.3 Å². The Morgan fingerprint density at radius 3 is 2.16 bits per heavy atom. The number of rotatable bonds is 20. The minimum absolute atomic E-state index is 0.00288. The molecular weight excluding hydrogens is 1060 g/mol. The number of aromatic nitrogens is 3. The van der Waals surface area contributed by atoms with Crippen LogP contribution in [0.4, 0.5) is 39.3 Å². The highest BCUT2D eigenvalue weighted by atomic mass is 32.1. The minimum Gasteiger partial charge on any atom is -0.497 e. The standard InChI is InChI=1S/C61H74N12O8S/c1-9-52(75)65-44-18-12-40(13-19-44)34-73-56-43(35-71(60(73)79)47-29-49(80-7)32-50(30-47)81-8)33-62-59(68-56)66-45-20-22-46(23-21-45)70-27-25-69(26-28-70)24-10-11-53(76)67-55(61(4,5)6)58(78)72-36-48(74)31-51(72)57(77)64-38(2)41-14-16-42(17-15-41)54-39(3)63-37-82-54/h12-23,29-30,32-33,37-38,48,51,55,74H,9-11,24-28,31,34-36H2,1-8H3,(H,64,77)(H,65,75)(H,67,76)(H,62,66,68)/t38-,48-,51+,55-/m1/s1. The summed E-state index contributed by atoms with van der Waals surface area (Å²) >= 11 is 1.58. The molecule has 21 heteroatoms. The van der Waals surface area contributed by atoms with Gasteiger partial charge in [0.15, 0.2) is 0 Å². The van der Waals surface area contributed by atoms with E-state index in [4.69, 9.17) is 14.5 Å². The smallest absolute Gasteiger partial charge is 0.330 e. The zero-order valence-electron chi connectivity index (χ0n) is 47.9. The number of aliphatic hydroxyl groups is 1. The highest BCUT2D eigenvalue weighted by molar-refractivity contribution is 7.13. The number of anilines is 6. The van der Waals surface area contributed by atoms with Crippen LogP contribution in [0.25, 0.3) is 10.4 Å². The molecule has 4 aromatic carbocycles. The molecule has 3 aliphatic rings. The number of benzene rings is 4. The molecule has 4 atom stereocenters. The fourth-order valence-electron chi connectivity index (χ4n) is 10.5. The first-order chi connectivity index (χ1) is 39.4. The van der Waals surface area contributed by atoms with E-state index in [2.05, 4.69) is 53.2 Å². The molecule has 432 valence electrons. The molecule has 20 nitrogen and oxygen atoms in total. The van der Waals surface area contributed by atoms with Crippen LogP contribution < -0.4 is 45.4 Å². The normalized spacial score (nSPS) is 17.2. The average molecular weight is 1140 g/mol. The number of ether oxygens (including phenoxy) is 2. The molecule has 2 saturated heterocycles. The molecule has 6 amide bonds. The van der Waals surface area contributed by atoms with Crippen molar-refractivity contribution in [2.24, 2.45) is 5.41 Å². The van der Waals surface area contributed by atoms with Crippen LogP contribution in [0.15, 0.2) is 103 Å². The van der Waals surface area contributed by atoms with E-state index in [9.17, 15) is 29.1 Å². The Morgan fingerprint density at radius 2 is 1.52 bits per heavy atom. The van der Waals surface area contributed by atoms with E-state index >= 15 is 0 Å². The molecule has 2 aromatic heterocycles. The van der Waals surface area contributed by atoms with E-state index in [1.807, 2.05) is 101 Å². The summed E-state index contributed by atoms with van der Waals surface area (Å²) in [7, 11) is 3.12. The second kappa shape index (κ2) is 25.8. The SMILES string of the molecule is CCC(=O)Nc1ccc(CN2C(=O)N(c3cc(OC)cc(OC)c3)Cc3cnc(Nc4ccc(N5CCN(CCCC(=O)N[C@H](C(=O)N6C[C@H](O)C[C@H]6C(=O)N[C@H](C)c6ccc(-c7scnc7C)cc6)C(C)(C)C)CC5)cc4)nc32)cc1. The Hall–Kier alpha value is -8.14. The molecule has 3 aliphatic heterocycles. The first-order valence-electron chi connectivity index (χ1n) is 27.9. The molecule has 5 N–H and O–H groups in total. The molecular formula is C61H74N12O8S. The first kappa shape index (κ1) is 58.5. The summed E-state index contributed by atoms with van der Waals surface area (Å²) in [5.74, 6) is 0.814. The number of carbonyl (C=O) groups is 5. The molecule has 0 spiro atoms. The molecule has 2 fully saturated rings. The third-order valence-electron chi connectivity index (χ3n) is 15.2. The van der Waals surface area contributed by atoms with Gasteiger partial charge in [-0.2, -0.15) is 4.98 Å². The second-order valence-corrected chi connectivity index (χ2v) is 23.0. The lowest BCUT2D eigenvalue weighted by molar-refractivity contribution is -0.144. The van der Waals surface area contributed by atoms with Crippen molar-refractivity contribution in [1.82, 2.24) is 35.4 Å². The zero-order chi connectivity index (χ0) is 58.2. The quantitative estimate of drug-likeness (QED) is 0.0484. The summed E-state index contributed by atoms with van der Waals surface area (Å²) < 4.78 is 11.1.